The first kappa shape index (κ1) is 75.5. The Morgan fingerprint density at radius 2 is 0.281 bits per heavy atom. The molecule has 12 nitrogen and oxygen atoms in total. The molecule has 4 aliphatic heterocycles. The molecule has 0 unspecified atom stereocenters. The van der Waals surface area contributed by atoms with E-state index in [0.29, 0.717) is 88.8 Å². The zero-order valence-corrected chi connectivity index (χ0v) is 68.3. The number of imide groups is 4. The molecule has 0 atom stereocenters. The molecular formula is C116H68N4O8. The van der Waals surface area contributed by atoms with Crippen LogP contribution in [0.15, 0.2) is 413 Å². The number of rotatable bonds is 12. The van der Waals surface area contributed by atoms with Gasteiger partial charge in [-0.25, -0.2) is 19.6 Å². The van der Waals surface area contributed by atoms with E-state index in [2.05, 4.69) is 24.3 Å². The Hall–Kier alpha value is -17.5. The number of anilines is 4. The van der Waals surface area contributed by atoms with Gasteiger partial charge in [0.15, 0.2) is 0 Å². The molecule has 0 N–H and O–H groups in total. The minimum Gasteiger partial charge on any atom is -0.268 e. The number of fused-ring (bicyclic) bond motifs is 2. The number of carbonyl (C=O) groups excluding carboxylic acids is 8. The maximum atomic E-state index is 14.3. The topological polar surface area (TPSA) is 150 Å². The van der Waals surface area contributed by atoms with Gasteiger partial charge in [0, 0.05) is 66.1 Å². The van der Waals surface area contributed by atoms with Gasteiger partial charge >= 0.3 is 0 Å². The van der Waals surface area contributed by atoms with E-state index in [0.717, 1.165) is 132 Å². The molecule has 20 aromatic carbocycles. The van der Waals surface area contributed by atoms with Crippen LogP contribution in [0.2, 0.25) is 0 Å². The highest BCUT2D eigenvalue weighted by Gasteiger charge is 2.40. The molecule has 0 spiro atoms. The van der Waals surface area contributed by atoms with E-state index in [1.54, 1.807) is 24.3 Å². The Kier molecular flexibility index (Phi) is 17.8. The van der Waals surface area contributed by atoms with Crippen LogP contribution in [0.1, 0.15) is 82.9 Å². The van der Waals surface area contributed by atoms with Crippen molar-refractivity contribution in [2.24, 2.45) is 0 Å². The van der Waals surface area contributed by atoms with Gasteiger partial charge < -0.3 is 0 Å². The van der Waals surface area contributed by atoms with Crippen LogP contribution in [0, 0.1) is 0 Å². The van der Waals surface area contributed by atoms with Crippen LogP contribution in [-0.4, -0.2) is 47.3 Å². The van der Waals surface area contributed by atoms with Crippen molar-refractivity contribution in [3.05, 3.63) is 457 Å². The lowest BCUT2D eigenvalue weighted by Crippen LogP contribution is -2.40. The van der Waals surface area contributed by atoms with E-state index in [1.807, 2.05) is 364 Å². The van der Waals surface area contributed by atoms with Crippen LogP contribution in [0.3, 0.4) is 0 Å². The van der Waals surface area contributed by atoms with Crippen molar-refractivity contribution in [1.82, 2.24) is 0 Å². The van der Waals surface area contributed by atoms with E-state index < -0.39 is 0 Å². The average Bonchev–Trinajstić information content (AvgIpc) is 0.732. The minimum absolute atomic E-state index is 0.347. The number of hydrogen-bond donors (Lipinski definition) is 0. The van der Waals surface area contributed by atoms with Gasteiger partial charge in [0.25, 0.3) is 47.3 Å². The second-order valence-electron chi connectivity index (χ2n) is 32.4. The zero-order valence-electron chi connectivity index (χ0n) is 68.3. The lowest BCUT2D eigenvalue weighted by molar-refractivity contribution is 0.0877. The summed E-state index contributed by atoms with van der Waals surface area (Å²) in [6.07, 6.45) is 0. The summed E-state index contributed by atoms with van der Waals surface area (Å²) < 4.78 is 0. The van der Waals surface area contributed by atoms with Crippen molar-refractivity contribution in [2.45, 2.75) is 0 Å². The lowest BCUT2D eigenvalue weighted by atomic mass is 9.85. The van der Waals surface area contributed by atoms with Gasteiger partial charge in [0.1, 0.15) is 0 Å². The molecule has 0 radical (unpaired) electrons. The Balaban J connectivity index is 0.000000148. The largest absolute Gasteiger partial charge is 0.268 e. The monoisotopic (exact) mass is 1640 g/mol. The summed E-state index contributed by atoms with van der Waals surface area (Å²) in [4.78, 5) is 118. The van der Waals surface area contributed by atoms with Gasteiger partial charge in [-0.3, -0.25) is 38.4 Å². The second kappa shape index (κ2) is 30.2. The van der Waals surface area contributed by atoms with Gasteiger partial charge in [0.2, 0.25) is 0 Å². The quantitative estimate of drug-likeness (QED) is 0.0867. The highest BCUT2D eigenvalue weighted by molar-refractivity contribution is 6.40. The molecule has 0 aromatic heterocycles. The number of carbonyl (C=O) groups is 8. The first-order chi connectivity index (χ1) is 62.9. The molecule has 0 fully saturated rings. The normalized spacial score (nSPS) is 13.4. The molecule has 20 aromatic rings. The number of amides is 8. The molecule has 4 heterocycles. The van der Waals surface area contributed by atoms with Crippen molar-refractivity contribution in [3.8, 4) is 89.0 Å². The summed E-state index contributed by atoms with van der Waals surface area (Å²) in [6.45, 7) is 0. The van der Waals surface area contributed by atoms with Gasteiger partial charge in [-0.05, 0) is 229 Å². The van der Waals surface area contributed by atoms with Crippen molar-refractivity contribution in [3.63, 3.8) is 0 Å². The fourth-order valence-corrected chi connectivity index (χ4v) is 19.6. The summed E-state index contributed by atoms with van der Waals surface area (Å²) in [5, 5.41) is 10.3. The van der Waals surface area contributed by atoms with Crippen LogP contribution in [0.5, 0.6) is 0 Å². The number of nitrogens with zero attached hydrogens (tertiary/aromatic N) is 4. The summed E-state index contributed by atoms with van der Waals surface area (Å²) in [5.74, 6) is -2.81. The van der Waals surface area contributed by atoms with Crippen LogP contribution in [0.4, 0.5) is 22.7 Å². The third-order valence-corrected chi connectivity index (χ3v) is 25.5. The van der Waals surface area contributed by atoms with Crippen LogP contribution in [-0.2, 0) is 0 Å². The van der Waals surface area contributed by atoms with Crippen molar-refractivity contribution in [1.29, 1.82) is 0 Å². The second-order valence-corrected chi connectivity index (χ2v) is 32.4. The SMILES string of the molecule is O=C1c2cccc3c(-c4ccccc4)ccc(c23)C(=O)N1c1ccc(-c2c3ccccc3c(-c3ccc(N4C(=O)c5cccc6c(-c7ccccc7)ccc(c56)C4=O)cc3)c3ccccc23)cc1.O=C1c2cccc3c(-c4ccccc4)ccc(c23)C(=O)N1c1ccc(-c2ccc(-c3ccc(N4C(=O)c5cccc6c(-c7ccccc7)ccc(c56)C4=O)cc3)cc2)cc1. The third kappa shape index (κ3) is 12.1. The molecule has 0 saturated heterocycles. The first-order valence-corrected chi connectivity index (χ1v) is 42.3. The molecule has 8 amide bonds. The van der Waals surface area contributed by atoms with Gasteiger partial charge in [-0.15, -0.1) is 0 Å². The Morgan fingerprint density at radius 3 is 0.492 bits per heavy atom. The minimum atomic E-state index is -0.356. The maximum Gasteiger partial charge on any atom is 0.265 e. The number of hydrogen-bond acceptors (Lipinski definition) is 8. The smallest absolute Gasteiger partial charge is 0.265 e. The first-order valence-electron chi connectivity index (χ1n) is 42.3. The Bertz CT molecular complexity index is 7560. The van der Waals surface area contributed by atoms with E-state index in [4.69, 9.17) is 0 Å². The van der Waals surface area contributed by atoms with Crippen LogP contribution >= 0.6 is 0 Å². The summed E-state index contributed by atoms with van der Waals surface area (Å²) in [6, 6.07) is 133. The lowest BCUT2D eigenvalue weighted by Gasteiger charge is -2.28. The van der Waals surface area contributed by atoms with E-state index in [-0.39, 0.29) is 47.3 Å². The maximum absolute atomic E-state index is 14.3. The van der Waals surface area contributed by atoms with E-state index in [1.165, 1.54) is 19.6 Å². The fraction of sp³-hybridized carbons (Fsp3) is 0. The van der Waals surface area contributed by atoms with Gasteiger partial charge in [0.05, 0.1) is 22.7 Å². The highest BCUT2D eigenvalue weighted by atomic mass is 16.2. The predicted octanol–water partition coefficient (Wildman–Crippen LogP) is 26.8. The van der Waals surface area contributed by atoms with Crippen molar-refractivity contribution in [2.75, 3.05) is 19.6 Å². The molecule has 0 bridgehead atoms. The Morgan fingerprint density at radius 1 is 0.117 bits per heavy atom. The molecule has 0 saturated carbocycles. The van der Waals surface area contributed by atoms with E-state index >= 15 is 0 Å². The predicted molar refractivity (Wildman–Crippen MR) is 512 cm³/mol. The van der Waals surface area contributed by atoms with Gasteiger partial charge in [-0.1, -0.05) is 315 Å². The molecule has 128 heavy (non-hydrogen) atoms. The standard InChI is InChI=1S/C62H36N2O4.C54H32N2O4/c65-59-51-23-11-21-45-43(37-13-3-1-4-14-37)33-35-53(57(45)51)61(67)63(59)41-29-25-39(26-30-41)55-47-17-7-9-19-49(47)56(50-20-10-8-18-48(50)55)40-27-31-42(32-28-40)64-60(66)52-24-12-22-46-44(38-15-5-2-6-16-38)34-36-54(58(46)52)62(64)68;57-51-45-15-7-13-43-41(37-9-3-1-4-10-37)29-31-47(49(43)45)53(59)55(51)39-25-21-35(22-26-39)33-17-19-34(20-18-33)36-23-27-40(28-24-36)56-52(58)46-16-8-14-44-42(38-11-5-2-6-12-38)30-32-48(50(44)46)54(56)60/h1-36H;1-32H. The zero-order chi connectivity index (χ0) is 86.1. The molecule has 24 rings (SSSR count). The fourth-order valence-electron chi connectivity index (χ4n) is 19.6. The van der Waals surface area contributed by atoms with Crippen molar-refractivity contribution < 1.29 is 38.4 Å². The summed E-state index contributed by atoms with van der Waals surface area (Å²) in [7, 11) is 0. The summed E-state index contributed by atoms with van der Waals surface area (Å²) >= 11 is 0. The molecule has 4 aliphatic rings. The van der Waals surface area contributed by atoms with Crippen LogP contribution in [0.25, 0.3) is 154 Å². The molecule has 0 aliphatic carbocycles. The number of benzene rings is 20. The van der Waals surface area contributed by atoms with Gasteiger partial charge in [-0.2, -0.15) is 0 Å². The molecule has 600 valence electrons. The Labute approximate surface area is 733 Å². The highest BCUT2D eigenvalue weighted by Crippen LogP contribution is 2.49. The molecular weight excluding hydrogens is 1580 g/mol. The van der Waals surface area contributed by atoms with Crippen LogP contribution < -0.4 is 19.6 Å². The summed E-state index contributed by atoms with van der Waals surface area (Å²) in [5.41, 5.74) is 21.7. The average molecular weight is 1650 g/mol. The third-order valence-electron chi connectivity index (χ3n) is 25.5. The molecule has 12 heteroatoms. The van der Waals surface area contributed by atoms with Crippen molar-refractivity contribution >= 4 is 135 Å². The van der Waals surface area contributed by atoms with E-state index in [9.17, 15) is 38.4 Å².